The van der Waals surface area contributed by atoms with E-state index in [9.17, 15) is 0 Å². The highest BCUT2D eigenvalue weighted by Gasteiger charge is 2.31. The minimum Gasteiger partial charge on any atom is -0.411 e. The summed E-state index contributed by atoms with van der Waals surface area (Å²) in [6.07, 6.45) is 8.75. The molecule has 2 nitrogen and oxygen atoms in total. The molecule has 1 aliphatic carbocycles. The number of fused-ring (bicyclic) bond motifs is 2. The van der Waals surface area contributed by atoms with Gasteiger partial charge in [-0.3, -0.25) is 0 Å². The van der Waals surface area contributed by atoms with Crippen molar-refractivity contribution in [3.05, 3.63) is 12.2 Å². The van der Waals surface area contributed by atoms with Crippen LogP contribution in [0.5, 0.6) is 0 Å². The monoisotopic (exact) mass is 169 g/mol. The molecule has 0 aromatic rings. The van der Waals surface area contributed by atoms with E-state index in [2.05, 4.69) is 17.3 Å². The van der Waals surface area contributed by atoms with Crippen molar-refractivity contribution < 1.29 is 5.21 Å². The molecule has 3 aliphatic rings. The Morgan fingerprint density at radius 1 is 1.45 bits per heavy atom. The molecule has 60 valence electrons. The fraction of sp³-hybridized carbons (Fsp3) is 0.625. The number of rotatable bonds is 1. The molecule has 3 rings (SSSR count). The molecule has 0 saturated carbocycles. The number of nitrogens with zero attached hydrogens (tertiary/aromatic N) is 1. The first-order valence-corrected chi connectivity index (χ1v) is 4.86. The molecule has 3 heteroatoms. The largest absolute Gasteiger partial charge is 0.411 e. The molecule has 0 aromatic carbocycles. The molecule has 0 radical (unpaired) electrons. The fourth-order valence-electron chi connectivity index (χ4n) is 1.72. The Morgan fingerprint density at radius 3 is 2.82 bits per heavy atom. The van der Waals surface area contributed by atoms with Crippen LogP contribution >= 0.6 is 11.8 Å². The van der Waals surface area contributed by atoms with Gasteiger partial charge in [0.1, 0.15) is 0 Å². The highest BCUT2D eigenvalue weighted by Crippen LogP contribution is 2.40. The molecule has 2 bridgehead atoms. The van der Waals surface area contributed by atoms with Crippen molar-refractivity contribution in [3.8, 4) is 0 Å². The summed E-state index contributed by atoms with van der Waals surface area (Å²) in [6, 6.07) is 0. The van der Waals surface area contributed by atoms with Crippen molar-refractivity contribution in [1.82, 2.24) is 0 Å². The maximum Gasteiger partial charge on any atom is 0.0572 e. The Kier molecular flexibility index (Phi) is 1.90. The minimum absolute atomic E-state index is 0.420. The van der Waals surface area contributed by atoms with Crippen LogP contribution in [0, 0.1) is 5.92 Å². The normalized spacial score (nSPS) is 42.0. The third-order valence-corrected chi connectivity index (χ3v) is 3.85. The number of allylic oxidation sites excluding steroid dienone is 1. The van der Waals surface area contributed by atoms with Gasteiger partial charge in [0.05, 0.1) is 11.5 Å². The molecule has 2 heterocycles. The summed E-state index contributed by atoms with van der Waals surface area (Å²) in [7, 11) is 0. The summed E-state index contributed by atoms with van der Waals surface area (Å²) in [6.45, 7) is 0. The maximum absolute atomic E-state index is 8.38. The van der Waals surface area contributed by atoms with Gasteiger partial charge < -0.3 is 5.21 Å². The highest BCUT2D eigenvalue weighted by atomic mass is 32.2. The Morgan fingerprint density at radius 2 is 2.36 bits per heavy atom. The molecule has 0 amide bonds. The minimum atomic E-state index is 0.420. The predicted molar refractivity (Wildman–Crippen MR) is 47.3 cm³/mol. The summed E-state index contributed by atoms with van der Waals surface area (Å²) in [5.41, 5.74) is 0. The Labute approximate surface area is 70.4 Å². The van der Waals surface area contributed by atoms with Crippen LogP contribution in [0.4, 0.5) is 0 Å². The molecule has 3 unspecified atom stereocenters. The SMILES string of the molecule is O/N=C\C1SC2C=CC1CC2. The fourth-order valence-corrected chi connectivity index (χ4v) is 3.13. The zero-order chi connectivity index (χ0) is 7.68. The average molecular weight is 169 g/mol. The zero-order valence-corrected chi connectivity index (χ0v) is 7.00. The van der Waals surface area contributed by atoms with Gasteiger partial charge in [0, 0.05) is 5.25 Å². The molecule has 1 N–H and O–H groups in total. The predicted octanol–water partition coefficient (Wildman–Crippen LogP) is 1.90. The summed E-state index contributed by atoms with van der Waals surface area (Å²) in [5, 5.41) is 12.6. The first-order valence-electron chi connectivity index (χ1n) is 3.91. The number of thioether (sulfide) groups is 1. The van der Waals surface area contributed by atoms with E-state index in [1.165, 1.54) is 12.8 Å². The van der Waals surface area contributed by atoms with Crippen molar-refractivity contribution in [2.45, 2.75) is 23.3 Å². The third-order valence-electron chi connectivity index (χ3n) is 2.32. The maximum atomic E-state index is 8.38. The molecule has 0 spiro atoms. The molecule has 1 saturated heterocycles. The first kappa shape index (κ1) is 7.22. The van der Waals surface area contributed by atoms with Crippen LogP contribution < -0.4 is 0 Å². The van der Waals surface area contributed by atoms with Crippen LogP contribution in [0.25, 0.3) is 0 Å². The van der Waals surface area contributed by atoms with Crippen LogP contribution in [0.3, 0.4) is 0 Å². The topological polar surface area (TPSA) is 32.6 Å². The Hall–Kier alpha value is -0.440. The van der Waals surface area contributed by atoms with E-state index in [-0.39, 0.29) is 0 Å². The van der Waals surface area contributed by atoms with Gasteiger partial charge in [-0.25, -0.2) is 0 Å². The molecule has 3 atom stereocenters. The average Bonchev–Trinajstić information content (AvgIpc) is 2.07. The molecule has 2 aliphatic heterocycles. The van der Waals surface area contributed by atoms with E-state index in [0.717, 1.165) is 0 Å². The second-order valence-electron chi connectivity index (χ2n) is 3.03. The molecule has 0 aromatic heterocycles. The van der Waals surface area contributed by atoms with Gasteiger partial charge >= 0.3 is 0 Å². The van der Waals surface area contributed by atoms with E-state index >= 15 is 0 Å². The van der Waals surface area contributed by atoms with Gasteiger partial charge in [-0.15, -0.1) is 16.9 Å². The molecule has 1 fully saturated rings. The second-order valence-corrected chi connectivity index (χ2v) is 4.45. The third kappa shape index (κ3) is 1.29. The summed E-state index contributed by atoms with van der Waals surface area (Å²) in [5.74, 6) is 0.612. The van der Waals surface area contributed by atoms with Crippen molar-refractivity contribution in [2.75, 3.05) is 0 Å². The Balaban J connectivity index is 2.11. The van der Waals surface area contributed by atoms with Gasteiger partial charge in [-0.05, 0) is 18.8 Å². The lowest BCUT2D eigenvalue weighted by atomic mass is 9.92. The van der Waals surface area contributed by atoms with Crippen LogP contribution in [-0.2, 0) is 0 Å². The van der Waals surface area contributed by atoms with E-state index in [1.807, 2.05) is 11.8 Å². The molecular formula is C8H11NOS. The van der Waals surface area contributed by atoms with Gasteiger partial charge in [0.25, 0.3) is 0 Å². The van der Waals surface area contributed by atoms with Crippen LogP contribution in [0.2, 0.25) is 0 Å². The number of hydrogen-bond acceptors (Lipinski definition) is 3. The van der Waals surface area contributed by atoms with Crippen molar-refractivity contribution in [2.24, 2.45) is 11.1 Å². The van der Waals surface area contributed by atoms with Gasteiger partial charge in [-0.2, -0.15) is 0 Å². The van der Waals surface area contributed by atoms with Crippen LogP contribution in [0.15, 0.2) is 17.3 Å². The number of hydrogen-bond donors (Lipinski definition) is 1. The van der Waals surface area contributed by atoms with E-state index in [1.54, 1.807) is 6.21 Å². The van der Waals surface area contributed by atoms with E-state index in [0.29, 0.717) is 16.4 Å². The van der Waals surface area contributed by atoms with Gasteiger partial charge in [-0.1, -0.05) is 12.2 Å². The molecular weight excluding hydrogens is 158 g/mol. The van der Waals surface area contributed by atoms with Gasteiger partial charge in [0.2, 0.25) is 0 Å². The van der Waals surface area contributed by atoms with E-state index in [4.69, 9.17) is 5.21 Å². The Bertz CT molecular complexity index is 202. The zero-order valence-electron chi connectivity index (χ0n) is 6.18. The van der Waals surface area contributed by atoms with Crippen molar-refractivity contribution >= 4 is 18.0 Å². The van der Waals surface area contributed by atoms with Crippen LogP contribution in [-0.4, -0.2) is 21.9 Å². The smallest absolute Gasteiger partial charge is 0.0572 e. The van der Waals surface area contributed by atoms with Gasteiger partial charge in [0.15, 0.2) is 0 Å². The summed E-state index contributed by atoms with van der Waals surface area (Å²) in [4.78, 5) is 0. The second kappa shape index (κ2) is 2.89. The lowest BCUT2D eigenvalue weighted by Crippen LogP contribution is -2.30. The quantitative estimate of drug-likeness (QED) is 0.281. The first-order chi connectivity index (χ1) is 5.40. The van der Waals surface area contributed by atoms with Crippen LogP contribution in [0.1, 0.15) is 12.8 Å². The standard InChI is InChI=1S/C8H11NOS/c10-9-5-8-6-1-3-7(11-8)4-2-6/h1,3,5-8,10H,2,4H2/b9-5-. The number of oxime groups is 1. The van der Waals surface area contributed by atoms with E-state index < -0.39 is 0 Å². The lowest BCUT2D eigenvalue weighted by molar-refractivity contribution is 0.319. The molecule has 11 heavy (non-hydrogen) atoms. The van der Waals surface area contributed by atoms with Crippen molar-refractivity contribution in [3.63, 3.8) is 0 Å². The summed E-state index contributed by atoms with van der Waals surface area (Å²) < 4.78 is 0. The highest BCUT2D eigenvalue weighted by molar-refractivity contribution is 8.01. The summed E-state index contributed by atoms with van der Waals surface area (Å²) >= 11 is 1.91. The lowest BCUT2D eigenvalue weighted by Gasteiger charge is -2.35. The van der Waals surface area contributed by atoms with Crippen molar-refractivity contribution in [1.29, 1.82) is 0 Å².